The monoisotopic (exact) mass is 295 g/mol. The first-order valence-electron chi connectivity index (χ1n) is 5.35. The second-order valence-corrected chi connectivity index (χ2v) is 3.84. The molecule has 1 aromatic rings. The van der Waals surface area contributed by atoms with Gasteiger partial charge in [0, 0.05) is 12.7 Å². The van der Waals surface area contributed by atoms with E-state index in [1.54, 1.807) is 0 Å². The van der Waals surface area contributed by atoms with E-state index in [2.05, 4.69) is 15.6 Å². The van der Waals surface area contributed by atoms with Crippen molar-refractivity contribution in [3.63, 3.8) is 0 Å². The molecule has 1 aromatic heterocycles. The predicted molar refractivity (Wildman–Crippen MR) is 71.5 cm³/mol. The van der Waals surface area contributed by atoms with Crippen molar-refractivity contribution in [1.82, 2.24) is 15.6 Å². The van der Waals surface area contributed by atoms with Crippen molar-refractivity contribution in [1.29, 1.82) is 0 Å². The average Bonchev–Trinajstić information content (AvgIpc) is 2.81. The van der Waals surface area contributed by atoms with Gasteiger partial charge in [-0.2, -0.15) is 0 Å². The Balaban J connectivity index is 0.00000144. The van der Waals surface area contributed by atoms with Crippen molar-refractivity contribution in [2.45, 2.75) is 13.0 Å². The molecule has 1 aliphatic heterocycles. The zero-order chi connectivity index (χ0) is 11.4. The first kappa shape index (κ1) is 17.1. The minimum absolute atomic E-state index is 0. The molecule has 1 fully saturated rings. The van der Waals surface area contributed by atoms with E-state index in [1.165, 1.54) is 18.3 Å². The summed E-state index contributed by atoms with van der Waals surface area (Å²) in [5.41, 5.74) is 0.279. The summed E-state index contributed by atoms with van der Waals surface area (Å²) in [7, 11) is 0. The van der Waals surface area contributed by atoms with Crippen molar-refractivity contribution in [3.8, 4) is 0 Å². The van der Waals surface area contributed by atoms with E-state index in [9.17, 15) is 9.18 Å². The van der Waals surface area contributed by atoms with Crippen LogP contribution in [0, 0.1) is 11.7 Å². The first-order valence-corrected chi connectivity index (χ1v) is 5.35. The highest BCUT2D eigenvalue weighted by molar-refractivity contribution is 5.85. The fourth-order valence-electron chi connectivity index (χ4n) is 1.74. The van der Waals surface area contributed by atoms with Crippen LogP contribution in [0.4, 0.5) is 4.39 Å². The van der Waals surface area contributed by atoms with Gasteiger partial charge < -0.3 is 10.6 Å². The van der Waals surface area contributed by atoms with Gasteiger partial charge in [-0.3, -0.25) is 9.78 Å². The largest absolute Gasteiger partial charge is 0.350 e. The number of carbonyl (C=O) groups excluding carboxylic acids is 1. The number of hydrogen-bond donors (Lipinski definition) is 2. The topological polar surface area (TPSA) is 54.0 Å². The number of rotatable bonds is 3. The molecule has 0 aliphatic carbocycles. The predicted octanol–water partition coefficient (Wildman–Crippen LogP) is 1.29. The third-order valence-corrected chi connectivity index (χ3v) is 2.70. The summed E-state index contributed by atoms with van der Waals surface area (Å²) in [6.45, 7) is 1.73. The number of nitrogens with zero attached hydrogens (tertiary/aromatic N) is 1. The lowest BCUT2D eigenvalue weighted by molar-refractivity contribution is -0.124. The Morgan fingerprint density at radius 3 is 2.94 bits per heavy atom. The Kier molecular flexibility index (Phi) is 7.82. The maximum Gasteiger partial charge on any atom is 0.224 e. The molecule has 18 heavy (non-hydrogen) atoms. The molecule has 2 heterocycles. The molecule has 4 nitrogen and oxygen atoms in total. The van der Waals surface area contributed by atoms with Gasteiger partial charge in [-0.25, -0.2) is 4.39 Å². The molecular formula is C11H16Cl2FN3O. The van der Waals surface area contributed by atoms with Gasteiger partial charge in [0.1, 0.15) is 5.82 Å². The van der Waals surface area contributed by atoms with Crippen LogP contribution in [0.3, 0.4) is 0 Å². The van der Waals surface area contributed by atoms with E-state index >= 15 is 0 Å². The van der Waals surface area contributed by atoms with Crippen molar-refractivity contribution >= 4 is 30.7 Å². The quantitative estimate of drug-likeness (QED) is 0.884. The highest BCUT2D eigenvalue weighted by atomic mass is 35.5. The van der Waals surface area contributed by atoms with Gasteiger partial charge in [0.2, 0.25) is 5.91 Å². The lowest BCUT2D eigenvalue weighted by atomic mass is 10.1. The summed E-state index contributed by atoms with van der Waals surface area (Å²) >= 11 is 0. The molecular weight excluding hydrogens is 280 g/mol. The molecule has 1 amide bonds. The molecule has 0 unspecified atom stereocenters. The van der Waals surface area contributed by atoms with Crippen molar-refractivity contribution in [2.24, 2.45) is 5.92 Å². The lowest BCUT2D eigenvalue weighted by Gasteiger charge is -2.09. The molecule has 1 aliphatic rings. The summed E-state index contributed by atoms with van der Waals surface area (Å²) in [5, 5.41) is 5.81. The second kappa shape index (κ2) is 8.24. The number of halogens is 3. The SMILES string of the molecule is Cl.Cl.O=C(NCc1ncccc1F)[C@@H]1CCNC1. The normalized spacial score (nSPS) is 17.5. The average molecular weight is 296 g/mol. The number of aromatic nitrogens is 1. The van der Waals surface area contributed by atoms with Gasteiger partial charge in [0.25, 0.3) is 0 Å². The van der Waals surface area contributed by atoms with Crippen molar-refractivity contribution < 1.29 is 9.18 Å². The third-order valence-electron chi connectivity index (χ3n) is 2.70. The van der Waals surface area contributed by atoms with E-state index in [1.807, 2.05) is 0 Å². The number of carbonyl (C=O) groups is 1. The van der Waals surface area contributed by atoms with Crippen LogP contribution >= 0.6 is 24.8 Å². The zero-order valence-electron chi connectivity index (χ0n) is 9.69. The zero-order valence-corrected chi connectivity index (χ0v) is 11.3. The number of amides is 1. The van der Waals surface area contributed by atoms with Crippen LogP contribution in [0.1, 0.15) is 12.1 Å². The van der Waals surface area contributed by atoms with Gasteiger partial charge in [-0.15, -0.1) is 24.8 Å². The Bertz CT molecular complexity index is 386. The Morgan fingerprint density at radius 1 is 1.56 bits per heavy atom. The fraction of sp³-hybridized carbons (Fsp3) is 0.455. The molecule has 0 spiro atoms. The van der Waals surface area contributed by atoms with Gasteiger partial charge >= 0.3 is 0 Å². The summed E-state index contributed by atoms with van der Waals surface area (Å²) in [6, 6.07) is 2.87. The molecule has 2 rings (SSSR count). The summed E-state index contributed by atoms with van der Waals surface area (Å²) < 4.78 is 13.2. The third kappa shape index (κ3) is 4.40. The molecule has 1 atom stereocenters. The van der Waals surface area contributed by atoms with Crippen LogP contribution in [0.15, 0.2) is 18.3 Å². The van der Waals surface area contributed by atoms with E-state index in [0.29, 0.717) is 6.54 Å². The smallest absolute Gasteiger partial charge is 0.224 e. The number of nitrogens with one attached hydrogen (secondary N) is 2. The molecule has 0 radical (unpaired) electrons. The molecule has 1 saturated heterocycles. The highest BCUT2D eigenvalue weighted by Gasteiger charge is 2.22. The van der Waals surface area contributed by atoms with Crippen LogP contribution in [0.5, 0.6) is 0 Å². The molecule has 0 aromatic carbocycles. The van der Waals surface area contributed by atoms with E-state index < -0.39 is 0 Å². The van der Waals surface area contributed by atoms with Crippen LogP contribution < -0.4 is 10.6 Å². The maximum atomic E-state index is 13.2. The molecule has 7 heteroatoms. The molecule has 2 N–H and O–H groups in total. The minimum atomic E-state index is -0.382. The van der Waals surface area contributed by atoms with E-state index in [4.69, 9.17) is 0 Å². The Labute approximate surface area is 118 Å². The fourth-order valence-corrected chi connectivity index (χ4v) is 1.74. The van der Waals surface area contributed by atoms with Crippen LogP contribution in [0.2, 0.25) is 0 Å². The van der Waals surface area contributed by atoms with E-state index in [-0.39, 0.29) is 54.7 Å². The summed E-state index contributed by atoms with van der Waals surface area (Å²) in [6.07, 6.45) is 2.36. The molecule has 0 saturated carbocycles. The minimum Gasteiger partial charge on any atom is -0.350 e. The number of pyridine rings is 1. The highest BCUT2D eigenvalue weighted by Crippen LogP contribution is 2.08. The van der Waals surface area contributed by atoms with E-state index in [0.717, 1.165) is 13.0 Å². The molecule has 102 valence electrons. The summed E-state index contributed by atoms with van der Waals surface area (Å²) in [4.78, 5) is 15.5. The second-order valence-electron chi connectivity index (χ2n) is 3.84. The van der Waals surface area contributed by atoms with Gasteiger partial charge in [-0.05, 0) is 25.1 Å². The van der Waals surface area contributed by atoms with Gasteiger partial charge in [-0.1, -0.05) is 0 Å². The Morgan fingerprint density at radius 2 is 2.33 bits per heavy atom. The maximum absolute atomic E-state index is 13.2. The summed E-state index contributed by atoms with van der Waals surface area (Å²) in [5.74, 6) is -0.408. The van der Waals surface area contributed by atoms with Crippen molar-refractivity contribution in [3.05, 3.63) is 29.8 Å². The lowest BCUT2D eigenvalue weighted by Crippen LogP contribution is -2.31. The van der Waals surface area contributed by atoms with Gasteiger partial charge in [0.15, 0.2) is 0 Å². The Hall–Kier alpha value is -0.910. The number of hydrogen-bond acceptors (Lipinski definition) is 3. The van der Waals surface area contributed by atoms with Crippen LogP contribution in [0.25, 0.3) is 0 Å². The van der Waals surface area contributed by atoms with Crippen LogP contribution in [-0.4, -0.2) is 24.0 Å². The molecule has 0 bridgehead atoms. The first-order chi connectivity index (χ1) is 7.77. The van der Waals surface area contributed by atoms with Crippen LogP contribution in [-0.2, 0) is 11.3 Å². The standard InChI is InChI=1S/C11H14FN3O.2ClH/c12-9-2-1-4-14-10(9)7-15-11(16)8-3-5-13-6-8;;/h1-2,4,8,13H,3,5-7H2,(H,15,16);2*1H/t8-;;/m1../s1. The van der Waals surface area contributed by atoms with Gasteiger partial charge in [0.05, 0.1) is 18.2 Å². The van der Waals surface area contributed by atoms with Crippen molar-refractivity contribution in [2.75, 3.05) is 13.1 Å².